The molecule has 2 amide bonds. The molecule has 1 aromatic carbocycles. The van der Waals surface area contributed by atoms with Crippen molar-refractivity contribution in [2.24, 2.45) is 0 Å². The van der Waals surface area contributed by atoms with Crippen molar-refractivity contribution in [3.05, 3.63) is 47.4 Å². The monoisotopic (exact) mass is 362 g/mol. The van der Waals surface area contributed by atoms with E-state index in [-0.39, 0.29) is 12.5 Å². The highest BCUT2D eigenvalue weighted by Crippen LogP contribution is 2.19. The van der Waals surface area contributed by atoms with Crippen molar-refractivity contribution in [3.63, 3.8) is 0 Å². The summed E-state index contributed by atoms with van der Waals surface area (Å²) in [4.78, 5) is 30.9. The van der Waals surface area contributed by atoms with E-state index < -0.39 is 6.09 Å². The predicted octanol–water partition coefficient (Wildman–Crippen LogP) is 2.20. The highest BCUT2D eigenvalue weighted by Gasteiger charge is 2.06. The van der Waals surface area contributed by atoms with E-state index in [0.29, 0.717) is 24.4 Å². The summed E-state index contributed by atoms with van der Waals surface area (Å²) in [5.41, 5.74) is 2.66. The first-order valence-corrected chi connectivity index (χ1v) is 8.14. The van der Waals surface area contributed by atoms with Gasteiger partial charge in [-0.3, -0.25) is 4.79 Å². The number of nitrogens with zero attached hydrogens (tertiary/aromatic N) is 2. The van der Waals surface area contributed by atoms with Gasteiger partial charge in [0.05, 0.1) is 5.69 Å². The molecule has 0 bridgehead atoms. The van der Waals surface area contributed by atoms with Gasteiger partial charge in [-0.25, -0.2) is 14.8 Å². The zero-order valence-electron chi connectivity index (χ0n) is 13.8. The SMILES string of the molecule is CNC(=O)COC(=O)NCCCc1cc(-c2ccc(Cl)cc2)ncn1. The van der Waals surface area contributed by atoms with Crippen LogP contribution in [0.4, 0.5) is 4.79 Å². The second-order valence-corrected chi connectivity index (χ2v) is 5.62. The van der Waals surface area contributed by atoms with Gasteiger partial charge < -0.3 is 15.4 Å². The summed E-state index contributed by atoms with van der Waals surface area (Å²) in [7, 11) is 1.48. The van der Waals surface area contributed by atoms with E-state index >= 15 is 0 Å². The maximum Gasteiger partial charge on any atom is 0.407 e. The molecule has 0 radical (unpaired) electrons. The number of nitrogens with one attached hydrogen (secondary N) is 2. The Hall–Kier alpha value is -2.67. The molecular weight excluding hydrogens is 344 g/mol. The zero-order valence-corrected chi connectivity index (χ0v) is 14.5. The van der Waals surface area contributed by atoms with Crippen molar-refractivity contribution in [2.75, 3.05) is 20.2 Å². The lowest BCUT2D eigenvalue weighted by molar-refractivity contribution is -0.123. The Balaban J connectivity index is 1.78. The maximum atomic E-state index is 11.4. The van der Waals surface area contributed by atoms with Crippen LogP contribution in [0, 0.1) is 0 Å². The zero-order chi connectivity index (χ0) is 18.1. The summed E-state index contributed by atoms with van der Waals surface area (Å²) in [6.45, 7) is 0.131. The van der Waals surface area contributed by atoms with Crippen LogP contribution in [0.2, 0.25) is 5.02 Å². The van der Waals surface area contributed by atoms with E-state index in [1.807, 2.05) is 30.3 Å². The fraction of sp³-hybridized carbons (Fsp3) is 0.294. The second-order valence-electron chi connectivity index (χ2n) is 5.18. The summed E-state index contributed by atoms with van der Waals surface area (Å²) in [6, 6.07) is 9.34. The molecule has 0 aliphatic rings. The van der Waals surface area contributed by atoms with Crippen molar-refractivity contribution in [3.8, 4) is 11.3 Å². The highest BCUT2D eigenvalue weighted by molar-refractivity contribution is 6.30. The van der Waals surface area contributed by atoms with Gasteiger partial charge in [0, 0.05) is 29.9 Å². The lowest BCUT2D eigenvalue weighted by atomic mass is 10.1. The fourth-order valence-electron chi connectivity index (χ4n) is 2.03. The van der Waals surface area contributed by atoms with Crippen LogP contribution in [0.3, 0.4) is 0 Å². The molecule has 0 saturated carbocycles. The van der Waals surface area contributed by atoms with Crippen LogP contribution >= 0.6 is 11.6 Å². The molecule has 2 rings (SSSR count). The van der Waals surface area contributed by atoms with Crippen LogP contribution in [0.25, 0.3) is 11.3 Å². The van der Waals surface area contributed by atoms with Crippen LogP contribution in [-0.4, -0.2) is 42.2 Å². The van der Waals surface area contributed by atoms with Crippen molar-refractivity contribution in [1.82, 2.24) is 20.6 Å². The topological polar surface area (TPSA) is 93.2 Å². The smallest absolute Gasteiger partial charge is 0.407 e. The third-order valence-corrected chi connectivity index (χ3v) is 3.61. The van der Waals surface area contributed by atoms with Crippen LogP contribution in [0.1, 0.15) is 12.1 Å². The number of likely N-dealkylation sites (N-methyl/N-ethyl adjacent to an activating group) is 1. The van der Waals surface area contributed by atoms with Gasteiger partial charge in [-0.2, -0.15) is 0 Å². The average Bonchev–Trinajstić information content (AvgIpc) is 2.64. The molecule has 25 heavy (non-hydrogen) atoms. The number of carbonyl (C=O) groups is 2. The van der Waals surface area contributed by atoms with E-state index in [0.717, 1.165) is 17.0 Å². The summed E-state index contributed by atoms with van der Waals surface area (Å²) in [5, 5.41) is 5.62. The number of hydrogen-bond donors (Lipinski definition) is 2. The number of alkyl carbamates (subject to hydrolysis) is 1. The number of benzene rings is 1. The number of hydrogen-bond acceptors (Lipinski definition) is 5. The number of amides is 2. The Morgan fingerprint density at radius 1 is 1.20 bits per heavy atom. The first-order valence-electron chi connectivity index (χ1n) is 7.76. The molecule has 0 atom stereocenters. The Morgan fingerprint density at radius 2 is 1.96 bits per heavy atom. The van der Waals surface area contributed by atoms with Crippen LogP contribution in [0.15, 0.2) is 36.7 Å². The third-order valence-electron chi connectivity index (χ3n) is 3.36. The molecule has 0 saturated heterocycles. The van der Waals surface area contributed by atoms with Gasteiger partial charge >= 0.3 is 6.09 Å². The number of aryl methyl sites for hydroxylation is 1. The van der Waals surface area contributed by atoms with E-state index in [9.17, 15) is 9.59 Å². The van der Waals surface area contributed by atoms with Gasteiger partial charge in [0.1, 0.15) is 6.33 Å². The van der Waals surface area contributed by atoms with Crippen LogP contribution in [-0.2, 0) is 16.0 Å². The minimum absolute atomic E-state index is 0.293. The lowest BCUT2D eigenvalue weighted by Crippen LogP contribution is -2.31. The second kappa shape index (κ2) is 9.58. The normalized spacial score (nSPS) is 10.2. The van der Waals surface area contributed by atoms with Gasteiger partial charge in [0.2, 0.25) is 0 Å². The molecule has 132 valence electrons. The van der Waals surface area contributed by atoms with E-state index in [4.69, 9.17) is 16.3 Å². The quantitative estimate of drug-likeness (QED) is 0.736. The molecular formula is C17H19ClN4O3. The Labute approximate surface area is 150 Å². The summed E-state index contributed by atoms with van der Waals surface area (Å²) >= 11 is 5.89. The highest BCUT2D eigenvalue weighted by atomic mass is 35.5. The molecule has 2 N–H and O–H groups in total. The fourth-order valence-corrected chi connectivity index (χ4v) is 2.15. The average molecular weight is 363 g/mol. The van der Waals surface area contributed by atoms with Crippen LogP contribution < -0.4 is 10.6 Å². The molecule has 0 aliphatic carbocycles. The molecule has 7 nitrogen and oxygen atoms in total. The largest absolute Gasteiger partial charge is 0.439 e. The molecule has 1 heterocycles. The Kier molecular flexibility index (Phi) is 7.16. The molecule has 2 aromatic rings. The van der Waals surface area contributed by atoms with E-state index in [1.165, 1.54) is 13.4 Å². The Bertz CT molecular complexity index is 722. The van der Waals surface area contributed by atoms with Gasteiger partial charge in [-0.1, -0.05) is 23.7 Å². The van der Waals surface area contributed by atoms with Crippen molar-refractivity contribution < 1.29 is 14.3 Å². The first-order chi connectivity index (χ1) is 12.1. The number of carbonyl (C=O) groups excluding carboxylic acids is 2. The number of ether oxygens (including phenoxy) is 1. The van der Waals surface area contributed by atoms with Gasteiger partial charge in [0.15, 0.2) is 6.61 Å². The first kappa shape index (κ1) is 18.7. The molecule has 1 aromatic heterocycles. The number of rotatable bonds is 7. The van der Waals surface area contributed by atoms with E-state index in [2.05, 4.69) is 20.6 Å². The van der Waals surface area contributed by atoms with Gasteiger partial charge in [-0.15, -0.1) is 0 Å². The molecule has 0 spiro atoms. The minimum Gasteiger partial charge on any atom is -0.439 e. The number of halogens is 1. The van der Waals surface area contributed by atoms with Gasteiger partial charge in [0.25, 0.3) is 5.91 Å². The standard InChI is InChI=1S/C17H19ClN4O3/c1-19-16(23)10-25-17(24)20-8-2-3-14-9-15(22-11-21-14)12-4-6-13(18)7-5-12/h4-7,9,11H,2-3,8,10H2,1H3,(H,19,23)(H,20,24). The minimum atomic E-state index is -0.617. The molecule has 0 fully saturated rings. The van der Waals surface area contributed by atoms with Crippen molar-refractivity contribution >= 4 is 23.6 Å². The van der Waals surface area contributed by atoms with Crippen molar-refractivity contribution in [2.45, 2.75) is 12.8 Å². The third kappa shape index (κ3) is 6.39. The maximum absolute atomic E-state index is 11.4. The molecule has 0 aliphatic heterocycles. The number of aromatic nitrogens is 2. The van der Waals surface area contributed by atoms with Crippen LogP contribution in [0.5, 0.6) is 0 Å². The summed E-state index contributed by atoms with van der Waals surface area (Å²) < 4.78 is 4.74. The molecule has 8 heteroatoms. The summed E-state index contributed by atoms with van der Waals surface area (Å²) in [6.07, 6.45) is 2.27. The van der Waals surface area contributed by atoms with Crippen molar-refractivity contribution in [1.29, 1.82) is 0 Å². The lowest BCUT2D eigenvalue weighted by Gasteiger charge is -2.07. The predicted molar refractivity (Wildman–Crippen MR) is 94.2 cm³/mol. The molecule has 0 unspecified atom stereocenters. The van der Waals surface area contributed by atoms with Gasteiger partial charge in [-0.05, 0) is 31.0 Å². The van der Waals surface area contributed by atoms with E-state index in [1.54, 1.807) is 0 Å². The summed E-state index contributed by atoms with van der Waals surface area (Å²) in [5.74, 6) is -0.356. The Morgan fingerprint density at radius 3 is 2.68 bits per heavy atom.